The smallest absolute Gasteiger partial charge is 0.225 e. The second kappa shape index (κ2) is 7.43. The van der Waals surface area contributed by atoms with Crippen LogP contribution in [0.15, 0.2) is 48.9 Å². The molecule has 1 fully saturated rings. The van der Waals surface area contributed by atoms with Crippen LogP contribution in [0.2, 0.25) is 0 Å². The van der Waals surface area contributed by atoms with Gasteiger partial charge in [0, 0.05) is 24.1 Å². The van der Waals surface area contributed by atoms with E-state index in [1.54, 1.807) is 13.2 Å². The van der Waals surface area contributed by atoms with Gasteiger partial charge >= 0.3 is 0 Å². The zero-order valence-electron chi connectivity index (χ0n) is 16.3. The Balaban J connectivity index is 1.31. The van der Waals surface area contributed by atoms with E-state index in [4.69, 9.17) is 19.9 Å². The number of rotatable bonds is 5. The van der Waals surface area contributed by atoms with Gasteiger partial charge in [0.05, 0.1) is 24.1 Å². The van der Waals surface area contributed by atoms with Crippen LogP contribution in [0.1, 0.15) is 12.6 Å². The molecule has 5 rings (SSSR count). The van der Waals surface area contributed by atoms with E-state index in [9.17, 15) is 5.11 Å². The van der Waals surface area contributed by atoms with Crippen LogP contribution in [0.25, 0.3) is 21.9 Å². The summed E-state index contributed by atoms with van der Waals surface area (Å²) in [5.74, 6) is 1.60. The SMILES string of the molecule is COc1ncnc2c1ccn2[C@H]1C[C@H](O)[C@@H](COc2ccc3ccc(N)nc3c2)O1. The largest absolute Gasteiger partial charge is 0.491 e. The first-order valence-corrected chi connectivity index (χ1v) is 9.60. The number of nitrogens with zero attached hydrogens (tertiary/aromatic N) is 4. The van der Waals surface area contributed by atoms with E-state index in [1.807, 2.05) is 41.1 Å². The second-order valence-corrected chi connectivity index (χ2v) is 7.18. The molecule has 0 unspecified atom stereocenters. The Bertz CT molecular complexity index is 1210. The maximum Gasteiger partial charge on any atom is 0.225 e. The molecule has 9 nitrogen and oxygen atoms in total. The molecule has 3 aromatic heterocycles. The molecule has 4 heterocycles. The van der Waals surface area contributed by atoms with Crippen molar-refractivity contribution in [1.82, 2.24) is 19.5 Å². The number of hydrogen-bond donors (Lipinski definition) is 2. The van der Waals surface area contributed by atoms with Crippen molar-refractivity contribution in [2.45, 2.75) is 24.9 Å². The average Bonchev–Trinajstić information content (AvgIpc) is 3.35. The lowest BCUT2D eigenvalue weighted by molar-refractivity contribution is -0.0379. The topological polar surface area (TPSA) is 118 Å². The molecular formula is C21H21N5O4. The minimum Gasteiger partial charge on any atom is -0.491 e. The molecule has 3 N–H and O–H groups in total. The number of nitrogen functional groups attached to an aromatic ring is 1. The van der Waals surface area contributed by atoms with E-state index in [0.29, 0.717) is 29.5 Å². The van der Waals surface area contributed by atoms with Crippen molar-refractivity contribution in [2.24, 2.45) is 0 Å². The molecule has 9 heteroatoms. The summed E-state index contributed by atoms with van der Waals surface area (Å²) < 4.78 is 19.1. The first kappa shape index (κ1) is 18.6. The molecule has 3 atom stereocenters. The summed E-state index contributed by atoms with van der Waals surface area (Å²) in [6, 6.07) is 11.2. The van der Waals surface area contributed by atoms with E-state index >= 15 is 0 Å². The van der Waals surface area contributed by atoms with Crippen molar-refractivity contribution < 1.29 is 19.3 Å². The minimum absolute atomic E-state index is 0.211. The Morgan fingerprint density at radius 2 is 2.10 bits per heavy atom. The van der Waals surface area contributed by atoms with Gasteiger partial charge in [0.2, 0.25) is 5.88 Å². The van der Waals surface area contributed by atoms with Gasteiger partial charge in [-0.05, 0) is 30.3 Å². The third-order valence-corrected chi connectivity index (χ3v) is 5.28. The van der Waals surface area contributed by atoms with E-state index in [0.717, 1.165) is 16.3 Å². The molecule has 4 aromatic rings. The quantitative estimate of drug-likeness (QED) is 0.517. The summed E-state index contributed by atoms with van der Waals surface area (Å²) in [6.45, 7) is 0.211. The highest BCUT2D eigenvalue weighted by Crippen LogP contribution is 2.33. The van der Waals surface area contributed by atoms with Crippen LogP contribution in [0.5, 0.6) is 11.6 Å². The van der Waals surface area contributed by atoms with Crippen LogP contribution in [0.3, 0.4) is 0 Å². The molecule has 0 radical (unpaired) electrons. The van der Waals surface area contributed by atoms with E-state index in [-0.39, 0.29) is 12.8 Å². The van der Waals surface area contributed by atoms with Crippen molar-refractivity contribution >= 4 is 27.8 Å². The summed E-state index contributed by atoms with van der Waals surface area (Å²) in [4.78, 5) is 12.8. The second-order valence-electron chi connectivity index (χ2n) is 7.18. The maximum absolute atomic E-state index is 10.5. The average molecular weight is 407 g/mol. The molecule has 154 valence electrons. The van der Waals surface area contributed by atoms with Gasteiger partial charge in [-0.25, -0.2) is 15.0 Å². The molecule has 1 aliphatic heterocycles. The van der Waals surface area contributed by atoms with Crippen LogP contribution < -0.4 is 15.2 Å². The highest BCUT2D eigenvalue weighted by Gasteiger charge is 2.36. The van der Waals surface area contributed by atoms with Gasteiger partial charge < -0.3 is 29.6 Å². The van der Waals surface area contributed by atoms with Crippen molar-refractivity contribution in [2.75, 3.05) is 19.5 Å². The zero-order valence-corrected chi connectivity index (χ0v) is 16.3. The fourth-order valence-corrected chi connectivity index (χ4v) is 3.76. The number of anilines is 1. The number of ether oxygens (including phenoxy) is 3. The molecular weight excluding hydrogens is 386 g/mol. The molecule has 1 saturated heterocycles. The van der Waals surface area contributed by atoms with E-state index < -0.39 is 12.2 Å². The van der Waals surface area contributed by atoms with E-state index in [1.165, 1.54) is 6.33 Å². The highest BCUT2D eigenvalue weighted by molar-refractivity contribution is 5.82. The molecule has 30 heavy (non-hydrogen) atoms. The number of pyridine rings is 1. The standard InChI is InChI=1S/C21H21N5O4/c1-28-21-14-6-7-26(20(14)23-11-24-21)19-9-16(27)17(30-19)10-29-13-4-2-12-3-5-18(22)25-15(12)8-13/h2-8,11,16-17,19,27H,9-10H2,1H3,(H2,22,25)/t16-,17+,19+/m0/s1. The number of aromatic nitrogens is 4. The summed E-state index contributed by atoms with van der Waals surface area (Å²) in [7, 11) is 1.57. The van der Waals surface area contributed by atoms with Gasteiger partial charge in [0.1, 0.15) is 42.5 Å². The first-order chi connectivity index (χ1) is 14.6. The van der Waals surface area contributed by atoms with Crippen LogP contribution in [-0.4, -0.2) is 50.6 Å². The molecule has 0 amide bonds. The van der Waals surface area contributed by atoms with Gasteiger partial charge in [-0.1, -0.05) is 0 Å². The van der Waals surface area contributed by atoms with Crippen LogP contribution >= 0.6 is 0 Å². The third-order valence-electron chi connectivity index (χ3n) is 5.28. The summed E-state index contributed by atoms with van der Waals surface area (Å²) in [5, 5.41) is 12.3. The number of hydrogen-bond acceptors (Lipinski definition) is 8. The monoisotopic (exact) mass is 407 g/mol. The number of aliphatic hydroxyl groups is 1. The Morgan fingerprint density at radius 3 is 2.97 bits per heavy atom. The molecule has 0 spiro atoms. The lowest BCUT2D eigenvalue weighted by Gasteiger charge is -2.17. The number of nitrogens with two attached hydrogens (primary N) is 1. The Labute approximate surface area is 172 Å². The van der Waals surface area contributed by atoms with Crippen LogP contribution in [0.4, 0.5) is 5.82 Å². The summed E-state index contributed by atoms with van der Waals surface area (Å²) in [6.07, 6.45) is 2.25. The van der Waals surface area contributed by atoms with Gasteiger partial charge in [-0.15, -0.1) is 0 Å². The van der Waals surface area contributed by atoms with Crippen LogP contribution in [0, 0.1) is 0 Å². The van der Waals surface area contributed by atoms with Crippen molar-refractivity contribution in [3.8, 4) is 11.6 Å². The predicted molar refractivity (Wildman–Crippen MR) is 110 cm³/mol. The van der Waals surface area contributed by atoms with E-state index in [2.05, 4.69) is 15.0 Å². The highest BCUT2D eigenvalue weighted by atomic mass is 16.6. The zero-order chi connectivity index (χ0) is 20.7. The van der Waals surface area contributed by atoms with Gasteiger partial charge in [-0.2, -0.15) is 0 Å². The predicted octanol–water partition coefficient (Wildman–Crippen LogP) is 2.30. The normalized spacial score (nSPS) is 21.3. The lowest BCUT2D eigenvalue weighted by atomic mass is 10.2. The minimum atomic E-state index is -0.662. The third kappa shape index (κ3) is 3.27. The number of aliphatic hydroxyl groups excluding tert-OH is 1. The fraction of sp³-hybridized carbons (Fsp3) is 0.286. The van der Waals surface area contributed by atoms with Crippen LogP contribution in [-0.2, 0) is 4.74 Å². The summed E-state index contributed by atoms with van der Waals surface area (Å²) >= 11 is 0. The van der Waals surface area contributed by atoms with Gasteiger partial charge in [0.25, 0.3) is 0 Å². The van der Waals surface area contributed by atoms with Crippen molar-refractivity contribution in [1.29, 1.82) is 0 Å². The summed E-state index contributed by atoms with van der Waals surface area (Å²) in [5.41, 5.74) is 7.21. The van der Waals surface area contributed by atoms with Crippen molar-refractivity contribution in [3.05, 3.63) is 48.9 Å². The van der Waals surface area contributed by atoms with Gasteiger partial charge in [0.15, 0.2) is 0 Å². The molecule has 1 aliphatic rings. The number of benzene rings is 1. The molecule has 1 aromatic carbocycles. The fourth-order valence-electron chi connectivity index (χ4n) is 3.76. The molecule has 0 bridgehead atoms. The Hall–Kier alpha value is -3.43. The Morgan fingerprint density at radius 1 is 1.23 bits per heavy atom. The van der Waals surface area contributed by atoms with Crippen molar-refractivity contribution in [3.63, 3.8) is 0 Å². The number of methoxy groups -OCH3 is 1. The first-order valence-electron chi connectivity index (χ1n) is 9.60. The maximum atomic E-state index is 10.5. The Kier molecular flexibility index (Phi) is 4.61. The number of fused-ring (bicyclic) bond motifs is 2. The van der Waals surface area contributed by atoms with Gasteiger partial charge in [-0.3, -0.25) is 0 Å². The molecule has 0 aliphatic carbocycles. The lowest BCUT2D eigenvalue weighted by Crippen LogP contribution is -2.28. The molecule has 0 saturated carbocycles.